The molecule has 0 aliphatic carbocycles. The smallest absolute Gasteiger partial charge is 0.232 e. The third-order valence-electron chi connectivity index (χ3n) is 5.42. The Kier molecular flexibility index (Phi) is 6.92. The molecule has 0 spiro atoms. The molecule has 2 N–H and O–H groups in total. The number of benzene rings is 3. The zero-order valence-corrected chi connectivity index (χ0v) is 18.9. The van der Waals surface area contributed by atoms with Crippen LogP contribution in [-0.4, -0.2) is 18.2 Å². The Morgan fingerprint density at radius 3 is 1.58 bits per heavy atom. The SMILES string of the molecule is NS(=O)(=O)c1ccc(-c2c(-c3ccc(C(F)F)cc3)c(C(F)F)nn2-c2ccc(C(F)F)cc2)cc1. The summed E-state index contributed by atoms with van der Waals surface area (Å²) in [5.74, 6) is 0. The minimum atomic E-state index is -4.04. The fraction of sp³-hybridized carbons (Fsp3) is 0.125. The number of nitrogens with zero attached hydrogens (tertiary/aromatic N) is 2. The standard InChI is InChI=1S/C24H17F6N3O2S/c25-22(26)15-3-1-13(2-4-15)19-20(24(29)30)32-33(17-9-5-16(6-10-17)23(27)28)21(19)14-7-11-18(12-8-14)36(31,34)35/h1-12,22-24H,(H2,31,34,35). The van der Waals surface area contributed by atoms with Gasteiger partial charge >= 0.3 is 0 Å². The van der Waals surface area contributed by atoms with Crippen LogP contribution in [0.5, 0.6) is 0 Å². The number of alkyl halides is 6. The van der Waals surface area contributed by atoms with Crippen LogP contribution in [0.1, 0.15) is 36.1 Å². The number of sulfonamides is 1. The van der Waals surface area contributed by atoms with Gasteiger partial charge in [0.05, 0.1) is 16.3 Å². The number of hydrogen-bond donors (Lipinski definition) is 1. The van der Waals surface area contributed by atoms with Crippen LogP contribution in [0.15, 0.2) is 77.7 Å². The average Bonchev–Trinajstić information content (AvgIpc) is 3.24. The van der Waals surface area contributed by atoms with Crippen LogP contribution in [0.3, 0.4) is 0 Å². The van der Waals surface area contributed by atoms with E-state index in [1.807, 2.05) is 0 Å². The molecule has 0 saturated carbocycles. The molecule has 1 aromatic heterocycles. The first-order valence-corrected chi connectivity index (χ1v) is 11.8. The van der Waals surface area contributed by atoms with E-state index in [9.17, 15) is 34.8 Å². The number of primary sulfonamides is 1. The molecule has 188 valence electrons. The van der Waals surface area contributed by atoms with Gasteiger partial charge in [-0.05, 0) is 29.8 Å². The number of halogens is 6. The van der Waals surface area contributed by atoms with Crippen molar-refractivity contribution in [2.24, 2.45) is 5.14 Å². The maximum absolute atomic E-state index is 14.1. The van der Waals surface area contributed by atoms with E-state index in [2.05, 4.69) is 5.10 Å². The minimum absolute atomic E-state index is 0.0702. The van der Waals surface area contributed by atoms with Crippen molar-refractivity contribution in [1.29, 1.82) is 0 Å². The van der Waals surface area contributed by atoms with Crippen LogP contribution in [0.4, 0.5) is 26.3 Å². The highest BCUT2D eigenvalue weighted by Gasteiger charge is 2.27. The van der Waals surface area contributed by atoms with E-state index in [1.54, 1.807) is 0 Å². The fourth-order valence-corrected chi connectivity index (χ4v) is 4.20. The van der Waals surface area contributed by atoms with Gasteiger partial charge in [-0.2, -0.15) is 5.10 Å². The molecule has 1 heterocycles. The van der Waals surface area contributed by atoms with Gasteiger partial charge in [0, 0.05) is 22.3 Å². The summed E-state index contributed by atoms with van der Waals surface area (Å²) in [6.07, 6.45) is -8.60. The Hall–Kier alpha value is -3.64. The van der Waals surface area contributed by atoms with E-state index in [-0.39, 0.29) is 44.1 Å². The molecule has 0 amide bonds. The van der Waals surface area contributed by atoms with Gasteiger partial charge in [0.15, 0.2) is 0 Å². The fourth-order valence-electron chi connectivity index (χ4n) is 3.68. The van der Waals surface area contributed by atoms with Crippen molar-refractivity contribution in [3.63, 3.8) is 0 Å². The molecule has 36 heavy (non-hydrogen) atoms. The highest BCUT2D eigenvalue weighted by atomic mass is 32.2. The molecular weight excluding hydrogens is 508 g/mol. The third-order valence-corrected chi connectivity index (χ3v) is 6.35. The van der Waals surface area contributed by atoms with Crippen LogP contribution in [0.2, 0.25) is 0 Å². The normalized spacial score (nSPS) is 12.2. The van der Waals surface area contributed by atoms with Gasteiger partial charge in [-0.15, -0.1) is 0 Å². The summed E-state index contributed by atoms with van der Waals surface area (Å²) in [5, 5.41) is 9.17. The molecule has 12 heteroatoms. The van der Waals surface area contributed by atoms with Crippen molar-refractivity contribution < 1.29 is 34.8 Å². The number of rotatable bonds is 7. The highest BCUT2D eigenvalue weighted by molar-refractivity contribution is 7.89. The second-order valence-electron chi connectivity index (χ2n) is 7.71. The molecular formula is C24H17F6N3O2S. The largest absolute Gasteiger partial charge is 0.282 e. The summed E-state index contributed by atoms with van der Waals surface area (Å²) < 4.78 is 105. The first kappa shape index (κ1) is 25.5. The molecule has 0 radical (unpaired) electrons. The van der Waals surface area contributed by atoms with Gasteiger partial charge in [0.1, 0.15) is 5.69 Å². The lowest BCUT2D eigenvalue weighted by Crippen LogP contribution is -2.11. The van der Waals surface area contributed by atoms with E-state index in [4.69, 9.17) is 5.14 Å². The second kappa shape index (κ2) is 9.78. The maximum atomic E-state index is 14.1. The zero-order chi connectivity index (χ0) is 26.2. The molecule has 5 nitrogen and oxygen atoms in total. The van der Waals surface area contributed by atoms with Crippen molar-refractivity contribution in [3.8, 4) is 28.1 Å². The molecule has 0 aliphatic rings. The lowest BCUT2D eigenvalue weighted by molar-refractivity contribution is 0.146. The van der Waals surface area contributed by atoms with Gasteiger partial charge < -0.3 is 0 Å². The molecule has 0 unspecified atom stereocenters. The Bertz CT molecular complexity index is 1470. The van der Waals surface area contributed by atoms with E-state index in [0.29, 0.717) is 0 Å². The van der Waals surface area contributed by atoms with Crippen LogP contribution < -0.4 is 5.14 Å². The first-order valence-electron chi connectivity index (χ1n) is 10.3. The topological polar surface area (TPSA) is 78.0 Å². The molecule has 0 aliphatic heterocycles. The van der Waals surface area contributed by atoms with Crippen LogP contribution >= 0.6 is 0 Å². The summed E-state index contributed by atoms with van der Waals surface area (Å²) in [4.78, 5) is -0.226. The second-order valence-corrected chi connectivity index (χ2v) is 9.27. The molecule has 0 bridgehead atoms. The van der Waals surface area contributed by atoms with Gasteiger partial charge in [-0.3, -0.25) is 0 Å². The van der Waals surface area contributed by atoms with Gasteiger partial charge in [-0.1, -0.05) is 48.5 Å². The highest BCUT2D eigenvalue weighted by Crippen LogP contribution is 2.41. The Morgan fingerprint density at radius 1 is 0.667 bits per heavy atom. The van der Waals surface area contributed by atoms with E-state index in [1.165, 1.54) is 48.5 Å². The molecule has 0 fully saturated rings. The van der Waals surface area contributed by atoms with E-state index in [0.717, 1.165) is 28.9 Å². The number of nitrogens with two attached hydrogens (primary N) is 1. The Morgan fingerprint density at radius 2 is 1.14 bits per heavy atom. The summed E-state index contributed by atoms with van der Waals surface area (Å²) in [6, 6.07) is 14.5. The average molecular weight is 525 g/mol. The molecule has 4 aromatic rings. The molecule has 3 aromatic carbocycles. The lowest BCUT2D eigenvalue weighted by atomic mass is 9.97. The number of aromatic nitrogens is 2. The van der Waals surface area contributed by atoms with Crippen LogP contribution in [0.25, 0.3) is 28.1 Å². The monoisotopic (exact) mass is 525 g/mol. The van der Waals surface area contributed by atoms with Crippen molar-refractivity contribution in [2.45, 2.75) is 24.2 Å². The van der Waals surface area contributed by atoms with Crippen LogP contribution in [-0.2, 0) is 10.0 Å². The first-order chi connectivity index (χ1) is 17.0. The maximum Gasteiger partial charge on any atom is 0.282 e. The summed E-state index contributed by atoms with van der Waals surface area (Å²) in [6.45, 7) is 0. The lowest BCUT2D eigenvalue weighted by Gasteiger charge is -2.12. The zero-order valence-electron chi connectivity index (χ0n) is 18.1. The van der Waals surface area contributed by atoms with E-state index >= 15 is 0 Å². The number of hydrogen-bond acceptors (Lipinski definition) is 3. The third kappa shape index (κ3) is 5.00. The predicted molar refractivity (Wildman–Crippen MR) is 121 cm³/mol. The van der Waals surface area contributed by atoms with Gasteiger partial charge in [0.2, 0.25) is 10.0 Å². The summed E-state index contributed by atoms with van der Waals surface area (Å²) >= 11 is 0. The van der Waals surface area contributed by atoms with Gasteiger partial charge in [0.25, 0.3) is 19.3 Å². The molecule has 0 atom stereocenters. The van der Waals surface area contributed by atoms with Crippen molar-refractivity contribution in [3.05, 3.63) is 89.6 Å². The summed E-state index contributed by atoms with van der Waals surface area (Å²) in [7, 11) is -4.04. The molecule has 0 saturated heterocycles. The quantitative estimate of drug-likeness (QED) is 0.274. The minimum Gasteiger partial charge on any atom is -0.232 e. The van der Waals surface area contributed by atoms with Crippen LogP contribution in [0, 0.1) is 0 Å². The van der Waals surface area contributed by atoms with Crippen molar-refractivity contribution in [2.75, 3.05) is 0 Å². The van der Waals surface area contributed by atoms with E-state index < -0.39 is 35.0 Å². The Balaban J connectivity index is 2.00. The van der Waals surface area contributed by atoms with Crippen molar-refractivity contribution >= 4 is 10.0 Å². The molecule has 4 rings (SSSR count). The predicted octanol–water partition coefficient (Wildman–Crippen LogP) is 6.67. The van der Waals surface area contributed by atoms with Crippen molar-refractivity contribution in [1.82, 2.24) is 9.78 Å². The Labute approximate surface area is 201 Å². The van der Waals surface area contributed by atoms with Gasteiger partial charge in [-0.25, -0.2) is 44.6 Å². The summed E-state index contributed by atoms with van der Waals surface area (Å²) in [5.41, 5.74) is -0.741.